The molecule has 1 N–H and O–H groups in total. The standard InChI is InChI=1S/C15H17NO2/c1-10-7-12-13(9-18-10)15(17)16-14(12)8-11-5-3-2-4-6-11/h2-6,10,14H,7-9H2,1H3,(H,16,17). The fraction of sp³-hybridized carbons (Fsp3) is 0.400. The summed E-state index contributed by atoms with van der Waals surface area (Å²) >= 11 is 0. The molecule has 0 aromatic heterocycles. The Balaban J connectivity index is 1.82. The van der Waals surface area contributed by atoms with Crippen LogP contribution in [0.1, 0.15) is 18.9 Å². The number of carbonyl (C=O) groups excluding carboxylic acids is 1. The molecule has 0 saturated carbocycles. The highest BCUT2D eigenvalue weighted by Gasteiger charge is 2.35. The molecule has 2 aliphatic heterocycles. The lowest BCUT2D eigenvalue weighted by atomic mass is 9.93. The zero-order chi connectivity index (χ0) is 12.5. The van der Waals surface area contributed by atoms with E-state index in [1.807, 2.05) is 18.2 Å². The minimum Gasteiger partial charge on any atom is -0.373 e. The van der Waals surface area contributed by atoms with E-state index in [1.54, 1.807) is 0 Å². The van der Waals surface area contributed by atoms with Crippen LogP contribution in [0.4, 0.5) is 0 Å². The third kappa shape index (κ3) is 2.06. The van der Waals surface area contributed by atoms with E-state index in [0.717, 1.165) is 18.4 Å². The molecule has 0 radical (unpaired) electrons. The fourth-order valence-electron chi connectivity index (χ4n) is 2.73. The maximum atomic E-state index is 11.9. The summed E-state index contributed by atoms with van der Waals surface area (Å²) in [7, 11) is 0. The predicted octanol–water partition coefficient (Wildman–Crippen LogP) is 1.83. The highest BCUT2D eigenvalue weighted by molar-refractivity contribution is 5.98. The monoisotopic (exact) mass is 243 g/mol. The first-order valence-corrected chi connectivity index (χ1v) is 6.42. The van der Waals surface area contributed by atoms with Gasteiger partial charge in [-0.05, 0) is 30.9 Å². The van der Waals surface area contributed by atoms with Gasteiger partial charge in [-0.15, -0.1) is 0 Å². The molecular formula is C15H17NO2. The summed E-state index contributed by atoms with van der Waals surface area (Å²) in [4.78, 5) is 11.9. The summed E-state index contributed by atoms with van der Waals surface area (Å²) in [6.07, 6.45) is 1.96. The number of ether oxygens (including phenoxy) is 1. The van der Waals surface area contributed by atoms with Crippen molar-refractivity contribution in [1.82, 2.24) is 5.32 Å². The highest BCUT2D eigenvalue weighted by atomic mass is 16.5. The molecular weight excluding hydrogens is 226 g/mol. The molecule has 2 atom stereocenters. The number of carbonyl (C=O) groups is 1. The molecule has 0 spiro atoms. The van der Waals surface area contributed by atoms with E-state index < -0.39 is 0 Å². The van der Waals surface area contributed by atoms with Crippen LogP contribution in [0.25, 0.3) is 0 Å². The minimum atomic E-state index is 0.0535. The van der Waals surface area contributed by atoms with Gasteiger partial charge in [0.05, 0.1) is 18.8 Å². The van der Waals surface area contributed by atoms with Gasteiger partial charge in [-0.2, -0.15) is 0 Å². The summed E-state index contributed by atoms with van der Waals surface area (Å²) in [5.41, 5.74) is 3.37. The molecule has 1 aromatic rings. The SMILES string of the molecule is CC1CC2=C(CO1)C(=O)NC2Cc1ccccc1. The van der Waals surface area contributed by atoms with Crippen LogP contribution in [0.2, 0.25) is 0 Å². The van der Waals surface area contributed by atoms with E-state index in [2.05, 4.69) is 24.4 Å². The quantitative estimate of drug-likeness (QED) is 0.860. The van der Waals surface area contributed by atoms with Gasteiger partial charge in [0.15, 0.2) is 0 Å². The highest BCUT2D eigenvalue weighted by Crippen LogP contribution is 2.29. The van der Waals surface area contributed by atoms with Gasteiger partial charge in [-0.3, -0.25) is 4.79 Å². The second-order valence-corrected chi connectivity index (χ2v) is 5.05. The molecule has 94 valence electrons. The Bertz CT molecular complexity index is 492. The van der Waals surface area contributed by atoms with E-state index >= 15 is 0 Å². The van der Waals surface area contributed by atoms with Gasteiger partial charge < -0.3 is 10.1 Å². The summed E-state index contributed by atoms with van der Waals surface area (Å²) in [6, 6.07) is 10.4. The number of rotatable bonds is 2. The van der Waals surface area contributed by atoms with E-state index in [1.165, 1.54) is 11.1 Å². The van der Waals surface area contributed by atoms with Crippen LogP contribution in [-0.2, 0) is 16.0 Å². The van der Waals surface area contributed by atoms with Crippen molar-refractivity contribution < 1.29 is 9.53 Å². The molecule has 0 aliphatic carbocycles. The fourth-order valence-corrected chi connectivity index (χ4v) is 2.73. The zero-order valence-corrected chi connectivity index (χ0v) is 10.5. The molecule has 1 aromatic carbocycles. The van der Waals surface area contributed by atoms with E-state index in [0.29, 0.717) is 6.61 Å². The molecule has 0 bridgehead atoms. The van der Waals surface area contributed by atoms with Crippen molar-refractivity contribution >= 4 is 5.91 Å². The first kappa shape index (κ1) is 11.5. The Morgan fingerprint density at radius 1 is 1.33 bits per heavy atom. The average Bonchev–Trinajstić information content (AvgIpc) is 2.67. The lowest BCUT2D eigenvalue weighted by molar-refractivity contribution is -0.117. The van der Waals surface area contributed by atoms with Crippen molar-refractivity contribution in [2.75, 3.05) is 6.61 Å². The molecule has 0 fully saturated rings. The summed E-state index contributed by atoms with van der Waals surface area (Å²) in [5.74, 6) is 0.0535. The first-order valence-electron chi connectivity index (χ1n) is 6.42. The van der Waals surface area contributed by atoms with Gasteiger partial charge in [0.2, 0.25) is 5.91 Å². The average molecular weight is 243 g/mol. The topological polar surface area (TPSA) is 38.3 Å². The van der Waals surface area contributed by atoms with Crippen LogP contribution < -0.4 is 5.32 Å². The summed E-state index contributed by atoms with van der Waals surface area (Å²) in [5, 5.41) is 3.07. The summed E-state index contributed by atoms with van der Waals surface area (Å²) < 4.78 is 5.54. The zero-order valence-electron chi connectivity index (χ0n) is 10.5. The third-order valence-electron chi connectivity index (χ3n) is 3.69. The van der Waals surface area contributed by atoms with Crippen molar-refractivity contribution in [3.8, 4) is 0 Å². The number of hydrogen-bond donors (Lipinski definition) is 1. The van der Waals surface area contributed by atoms with Crippen LogP contribution in [0.15, 0.2) is 41.5 Å². The normalized spacial score (nSPS) is 27.1. The first-order chi connectivity index (χ1) is 8.74. The van der Waals surface area contributed by atoms with Crippen LogP contribution in [0.5, 0.6) is 0 Å². The van der Waals surface area contributed by atoms with Crippen molar-refractivity contribution in [1.29, 1.82) is 0 Å². The van der Waals surface area contributed by atoms with Gasteiger partial charge in [0.25, 0.3) is 0 Å². The van der Waals surface area contributed by atoms with Gasteiger partial charge in [0.1, 0.15) is 0 Å². The largest absolute Gasteiger partial charge is 0.373 e. The Kier molecular flexibility index (Phi) is 2.92. The van der Waals surface area contributed by atoms with E-state index in [4.69, 9.17) is 4.74 Å². The molecule has 2 unspecified atom stereocenters. The minimum absolute atomic E-state index is 0.0535. The van der Waals surface area contributed by atoms with Gasteiger partial charge >= 0.3 is 0 Å². The second kappa shape index (κ2) is 4.58. The van der Waals surface area contributed by atoms with E-state index in [9.17, 15) is 4.79 Å². The van der Waals surface area contributed by atoms with Crippen molar-refractivity contribution in [2.45, 2.75) is 31.9 Å². The van der Waals surface area contributed by atoms with Crippen LogP contribution in [0.3, 0.4) is 0 Å². The van der Waals surface area contributed by atoms with Gasteiger partial charge in [-0.25, -0.2) is 0 Å². The molecule has 2 heterocycles. The Morgan fingerprint density at radius 2 is 2.11 bits per heavy atom. The molecule has 3 rings (SSSR count). The lowest BCUT2D eigenvalue weighted by Gasteiger charge is -2.23. The second-order valence-electron chi connectivity index (χ2n) is 5.05. The molecule has 18 heavy (non-hydrogen) atoms. The molecule has 1 amide bonds. The van der Waals surface area contributed by atoms with Crippen LogP contribution >= 0.6 is 0 Å². The Hall–Kier alpha value is -1.61. The smallest absolute Gasteiger partial charge is 0.250 e. The van der Waals surface area contributed by atoms with Crippen LogP contribution in [0, 0.1) is 0 Å². The predicted molar refractivity (Wildman–Crippen MR) is 69.1 cm³/mol. The molecule has 3 heteroatoms. The molecule has 3 nitrogen and oxygen atoms in total. The lowest BCUT2D eigenvalue weighted by Crippen LogP contribution is -2.31. The number of nitrogens with one attached hydrogen (secondary N) is 1. The summed E-state index contributed by atoms with van der Waals surface area (Å²) in [6.45, 7) is 2.53. The van der Waals surface area contributed by atoms with Crippen molar-refractivity contribution in [3.05, 3.63) is 47.0 Å². The number of hydrogen-bond acceptors (Lipinski definition) is 2. The number of amides is 1. The number of benzene rings is 1. The third-order valence-corrected chi connectivity index (χ3v) is 3.69. The molecule has 0 saturated heterocycles. The van der Waals surface area contributed by atoms with Crippen molar-refractivity contribution in [2.24, 2.45) is 0 Å². The van der Waals surface area contributed by atoms with Gasteiger partial charge in [0, 0.05) is 5.57 Å². The van der Waals surface area contributed by atoms with Gasteiger partial charge in [-0.1, -0.05) is 30.3 Å². The van der Waals surface area contributed by atoms with Crippen molar-refractivity contribution in [3.63, 3.8) is 0 Å². The Labute approximate surface area is 107 Å². The maximum Gasteiger partial charge on any atom is 0.250 e. The maximum absolute atomic E-state index is 11.9. The van der Waals surface area contributed by atoms with E-state index in [-0.39, 0.29) is 18.1 Å². The molecule has 2 aliphatic rings. The Morgan fingerprint density at radius 3 is 2.89 bits per heavy atom. The van der Waals surface area contributed by atoms with Crippen LogP contribution in [-0.4, -0.2) is 24.7 Å².